The molecule has 0 saturated carbocycles. The first-order valence-electron chi connectivity index (χ1n) is 9.26. The molecule has 1 fully saturated rings. The topological polar surface area (TPSA) is 84.4 Å². The second-order valence-corrected chi connectivity index (χ2v) is 7.26. The SMILES string of the molecule is COc1ccc(Cl)cc1NC(=O)CCC1CCCN(C(=O)c2ccnnc2)C1. The maximum Gasteiger partial charge on any atom is 0.255 e. The number of aromatic nitrogens is 2. The predicted octanol–water partition coefficient (Wildman–Crippen LogP) is 3.41. The van der Waals surface area contributed by atoms with Crippen molar-refractivity contribution >= 4 is 29.1 Å². The third kappa shape index (κ3) is 5.19. The fourth-order valence-corrected chi connectivity index (χ4v) is 3.58. The first-order chi connectivity index (χ1) is 13.6. The predicted molar refractivity (Wildman–Crippen MR) is 107 cm³/mol. The lowest BCUT2D eigenvalue weighted by molar-refractivity contribution is -0.116. The summed E-state index contributed by atoms with van der Waals surface area (Å²) in [5.74, 6) is 0.729. The van der Waals surface area contributed by atoms with Crippen molar-refractivity contribution in [3.8, 4) is 5.75 Å². The van der Waals surface area contributed by atoms with Crippen molar-refractivity contribution in [2.45, 2.75) is 25.7 Å². The van der Waals surface area contributed by atoms with E-state index < -0.39 is 0 Å². The number of anilines is 1. The molecule has 148 valence electrons. The van der Waals surface area contributed by atoms with Crippen molar-refractivity contribution in [3.05, 3.63) is 47.2 Å². The van der Waals surface area contributed by atoms with E-state index in [1.54, 1.807) is 31.4 Å². The largest absolute Gasteiger partial charge is 0.495 e. The summed E-state index contributed by atoms with van der Waals surface area (Å²) in [5, 5.41) is 10.9. The second kappa shape index (κ2) is 9.50. The molecule has 1 aliphatic heterocycles. The summed E-state index contributed by atoms with van der Waals surface area (Å²) < 4.78 is 5.25. The zero-order chi connectivity index (χ0) is 19.9. The van der Waals surface area contributed by atoms with Gasteiger partial charge in [-0.05, 0) is 49.4 Å². The maximum atomic E-state index is 12.6. The molecule has 1 saturated heterocycles. The lowest BCUT2D eigenvalue weighted by atomic mass is 9.93. The third-order valence-electron chi connectivity index (χ3n) is 4.85. The number of likely N-dealkylation sites (tertiary alicyclic amines) is 1. The van der Waals surface area contributed by atoms with Crippen LogP contribution in [0.15, 0.2) is 36.7 Å². The van der Waals surface area contributed by atoms with E-state index in [0.717, 1.165) is 19.4 Å². The van der Waals surface area contributed by atoms with Crippen molar-refractivity contribution in [1.29, 1.82) is 0 Å². The minimum Gasteiger partial charge on any atom is -0.495 e. The molecule has 2 heterocycles. The molecule has 1 aromatic carbocycles. The molecular formula is C20H23ClN4O3. The number of ether oxygens (including phenoxy) is 1. The minimum absolute atomic E-state index is 0.0345. The molecule has 0 spiro atoms. The Kier molecular flexibility index (Phi) is 6.81. The highest BCUT2D eigenvalue weighted by Gasteiger charge is 2.25. The summed E-state index contributed by atoms with van der Waals surface area (Å²) >= 11 is 6.00. The molecule has 0 bridgehead atoms. The Morgan fingerprint density at radius 2 is 2.18 bits per heavy atom. The number of methoxy groups -OCH3 is 1. The third-order valence-corrected chi connectivity index (χ3v) is 5.09. The average molecular weight is 403 g/mol. The van der Waals surface area contributed by atoms with Crippen LogP contribution in [0.4, 0.5) is 5.69 Å². The molecule has 1 aliphatic rings. The standard InChI is InChI=1S/C20H23ClN4O3/c1-28-18-6-5-16(21)11-17(18)24-19(26)7-4-14-3-2-10-25(13-14)20(27)15-8-9-22-23-12-15/h5-6,8-9,11-12,14H,2-4,7,10,13H2,1H3,(H,24,26). The van der Waals surface area contributed by atoms with Gasteiger partial charge in [-0.15, -0.1) is 0 Å². The van der Waals surface area contributed by atoms with Crippen LogP contribution in [0, 0.1) is 5.92 Å². The summed E-state index contributed by atoms with van der Waals surface area (Å²) in [6, 6.07) is 6.77. The van der Waals surface area contributed by atoms with Crippen molar-refractivity contribution in [2.24, 2.45) is 5.92 Å². The Hall–Kier alpha value is -2.67. The minimum atomic E-state index is -0.0950. The Labute approximate surface area is 169 Å². The van der Waals surface area contributed by atoms with Crippen molar-refractivity contribution in [1.82, 2.24) is 15.1 Å². The zero-order valence-corrected chi connectivity index (χ0v) is 16.5. The Balaban J connectivity index is 1.52. The number of rotatable bonds is 6. The molecule has 2 aromatic rings. The van der Waals surface area contributed by atoms with Gasteiger partial charge in [0, 0.05) is 24.5 Å². The summed E-state index contributed by atoms with van der Waals surface area (Å²) in [4.78, 5) is 26.8. The van der Waals surface area contributed by atoms with Gasteiger partial charge < -0.3 is 15.0 Å². The summed E-state index contributed by atoms with van der Waals surface area (Å²) in [6.45, 7) is 1.37. The van der Waals surface area contributed by atoms with Crippen LogP contribution in [-0.4, -0.2) is 47.1 Å². The molecule has 1 N–H and O–H groups in total. The number of carbonyl (C=O) groups excluding carboxylic acids is 2. The van der Waals surface area contributed by atoms with E-state index >= 15 is 0 Å². The van der Waals surface area contributed by atoms with Crippen molar-refractivity contribution < 1.29 is 14.3 Å². The van der Waals surface area contributed by atoms with Crippen LogP contribution >= 0.6 is 11.6 Å². The van der Waals surface area contributed by atoms with E-state index in [1.165, 1.54) is 12.4 Å². The number of amides is 2. The van der Waals surface area contributed by atoms with Gasteiger partial charge >= 0.3 is 0 Å². The number of piperidine rings is 1. The number of carbonyl (C=O) groups is 2. The molecule has 28 heavy (non-hydrogen) atoms. The summed E-state index contributed by atoms with van der Waals surface area (Å²) in [6.07, 6.45) is 6.03. The summed E-state index contributed by atoms with van der Waals surface area (Å²) in [5.41, 5.74) is 1.10. The molecule has 8 heteroatoms. The van der Waals surface area contributed by atoms with Crippen LogP contribution < -0.4 is 10.1 Å². The number of halogens is 1. The number of hydrogen-bond donors (Lipinski definition) is 1. The van der Waals surface area contributed by atoms with Crippen LogP contribution in [0.2, 0.25) is 5.02 Å². The van der Waals surface area contributed by atoms with E-state index in [2.05, 4.69) is 15.5 Å². The molecule has 7 nitrogen and oxygen atoms in total. The van der Waals surface area contributed by atoms with Gasteiger partial charge in [-0.2, -0.15) is 10.2 Å². The van der Waals surface area contributed by atoms with Gasteiger partial charge in [-0.25, -0.2) is 0 Å². The quantitative estimate of drug-likeness (QED) is 0.800. The number of hydrogen-bond acceptors (Lipinski definition) is 5. The van der Waals surface area contributed by atoms with Crippen LogP contribution in [0.3, 0.4) is 0 Å². The highest BCUT2D eigenvalue weighted by molar-refractivity contribution is 6.31. The summed E-state index contributed by atoms with van der Waals surface area (Å²) in [7, 11) is 1.55. The van der Waals surface area contributed by atoms with Gasteiger partial charge in [-0.1, -0.05) is 11.6 Å². The average Bonchev–Trinajstić information content (AvgIpc) is 2.73. The molecule has 1 atom stereocenters. The first-order valence-corrected chi connectivity index (χ1v) is 9.64. The maximum absolute atomic E-state index is 12.6. The van der Waals surface area contributed by atoms with Gasteiger partial charge in [0.15, 0.2) is 0 Å². The molecule has 1 unspecified atom stereocenters. The normalized spacial score (nSPS) is 16.5. The zero-order valence-electron chi connectivity index (χ0n) is 15.7. The highest BCUT2D eigenvalue weighted by Crippen LogP contribution is 2.28. The lowest BCUT2D eigenvalue weighted by Crippen LogP contribution is -2.40. The molecule has 2 amide bonds. The smallest absolute Gasteiger partial charge is 0.255 e. The molecular weight excluding hydrogens is 380 g/mol. The Bertz CT molecular complexity index is 831. The van der Waals surface area contributed by atoms with Gasteiger partial charge in [-0.3, -0.25) is 9.59 Å². The van der Waals surface area contributed by atoms with Crippen molar-refractivity contribution in [3.63, 3.8) is 0 Å². The van der Waals surface area contributed by atoms with E-state index in [0.29, 0.717) is 47.3 Å². The fourth-order valence-electron chi connectivity index (χ4n) is 3.41. The lowest BCUT2D eigenvalue weighted by Gasteiger charge is -2.32. The molecule has 0 radical (unpaired) electrons. The van der Waals surface area contributed by atoms with E-state index in [-0.39, 0.29) is 11.8 Å². The van der Waals surface area contributed by atoms with E-state index in [4.69, 9.17) is 16.3 Å². The second-order valence-electron chi connectivity index (χ2n) is 6.82. The number of benzene rings is 1. The van der Waals surface area contributed by atoms with E-state index in [1.807, 2.05) is 4.90 Å². The van der Waals surface area contributed by atoms with Crippen LogP contribution in [0.1, 0.15) is 36.0 Å². The fraction of sp³-hybridized carbons (Fsp3) is 0.400. The van der Waals surface area contributed by atoms with Gasteiger partial charge in [0.05, 0.1) is 30.8 Å². The molecule has 1 aromatic heterocycles. The highest BCUT2D eigenvalue weighted by atomic mass is 35.5. The molecule has 3 rings (SSSR count). The Morgan fingerprint density at radius 1 is 1.32 bits per heavy atom. The van der Waals surface area contributed by atoms with Crippen LogP contribution in [0.5, 0.6) is 5.75 Å². The monoisotopic (exact) mass is 402 g/mol. The number of nitrogens with one attached hydrogen (secondary N) is 1. The first kappa shape index (κ1) is 20.1. The van der Waals surface area contributed by atoms with Gasteiger partial charge in [0.2, 0.25) is 5.91 Å². The van der Waals surface area contributed by atoms with Crippen molar-refractivity contribution in [2.75, 3.05) is 25.5 Å². The van der Waals surface area contributed by atoms with Gasteiger partial charge in [0.25, 0.3) is 5.91 Å². The van der Waals surface area contributed by atoms with E-state index in [9.17, 15) is 9.59 Å². The van der Waals surface area contributed by atoms with Crippen LogP contribution in [0.25, 0.3) is 0 Å². The molecule has 0 aliphatic carbocycles. The van der Waals surface area contributed by atoms with Gasteiger partial charge in [0.1, 0.15) is 5.75 Å². The van der Waals surface area contributed by atoms with Crippen LogP contribution in [-0.2, 0) is 4.79 Å². The number of nitrogens with zero attached hydrogens (tertiary/aromatic N) is 3. The Morgan fingerprint density at radius 3 is 2.93 bits per heavy atom.